The largest absolute Gasteiger partial charge is 0.486 e. The van der Waals surface area contributed by atoms with Crippen LogP contribution in [0.25, 0.3) is 22.4 Å². The predicted molar refractivity (Wildman–Crippen MR) is 116 cm³/mol. The molecule has 156 valence electrons. The molecule has 2 N–H and O–H groups in total. The molecule has 2 aromatic carbocycles. The number of nitrogens with zero attached hydrogens (tertiary/aromatic N) is 1. The topological polar surface area (TPSA) is 72.8 Å². The number of rotatable bonds is 7. The molecule has 0 radical (unpaired) electrons. The van der Waals surface area contributed by atoms with Crippen LogP contribution in [-0.4, -0.2) is 43.6 Å². The summed E-state index contributed by atoms with van der Waals surface area (Å²) >= 11 is 0. The van der Waals surface area contributed by atoms with Crippen molar-refractivity contribution in [2.24, 2.45) is 0 Å². The van der Waals surface area contributed by atoms with Gasteiger partial charge in [-0.2, -0.15) is 0 Å². The third-order valence-corrected chi connectivity index (χ3v) is 5.20. The number of methoxy groups -OCH3 is 1. The van der Waals surface area contributed by atoms with Crippen LogP contribution in [0.4, 0.5) is 0 Å². The summed E-state index contributed by atoms with van der Waals surface area (Å²) in [6, 6.07) is 16.3. The molecule has 6 nitrogen and oxygen atoms in total. The first-order valence-electron chi connectivity index (χ1n) is 10.1. The van der Waals surface area contributed by atoms with E-state index >= 15 is 0 Å². The molecule has 0 saturated carbocycles. The Morgan fingerprint density at radius 2 is 1.83 bits per heavy atom. The number of hydrogen-bond acceptors (Lipinski definition) is 6. The van der Waals surface area contributed by atoms with Crippen LogP contribution in [0.5, 0.6) is 17.4 Å². The van der Waals surface area contributed by atoms with Gasteiger partial charge in [-0.3, -0.25) is 0 Å². The lowest BCUT2D eigenvalue weighted by molar-refractivity contribution is 0.171. The highest BCUT2D eigenvalue weighted by molar-refractivity contribution is 5.78. The Bertz CT molecular complexity index is 1040. The van der Waals surface area contributed by atoms with Crippen molar-refractivity contribution in [3.8, 4) is 39.8 Å². The molecular formula is C24H26N2O4. The molecule has 4 rings (SSSR count). The van der Waals surface area contributed by atoms with Crippen LogP contribution in [0.3, 0.4) is 0 Å². The summed E-state index contributed by atoms with van der Waals surface area (Å²) in [6.07, 6.45) is 0. The second-order valence-electron chi connectivity index (χ2n) is 7.10. The van der Waals surface area contributed by atoms with E-state index in [1.54, 1.807) is 7.11 Å². The van der Waals surface area contributed by atoms with Crippen LogP contribution in [-0.2, 0) is 6.54 Å². The molecular weight excluding hydrogens is 380 g/mol. The van der Waals surface area contributed by atoms with Crippen molar-refractivity contribution in [3.63, 3.8) is 0 Å². The average molecular weight is 406 g/mol. The Morgan fingerprint density at radius 3 is 2.63 bits per heavy atom. The minimum Gasteiger partial charge on any atom is -0.486 e. The van der Waals surface area contributed by atoms with Gasteiger partial charge in [-0.15, -0.1) is 0 Å². The van der Waals surface area contributed by atoms with Crippen LogP contribution in [0, 0.1) is 6.92 Å². The SMILES string of the molecule is COc1nc(-c2cccc(-c3ccc4c(c3)OCCO4)c2C)ccc1CNCCO. The van der Waals surface area contributed by atoms with E-state index in [9.17, 15) is 0 Å². The highest BCUT2D eigenvalue weighted by Crippen LogP contribution is 2.37. The quantitative estimate of drug-likeness (QED) is 0.585. The number of hydrogen-bond donors (Lipinski definition) is 2. The van der Waals surface area contributed by atoms with Gasteiger partial charge in [0.2, 0.25) is 5.88 Å². The summed E-state index contributed by atoms with van der Waals surface area (Å²) in [5, 5.41) is 12.1. The summed E-state index contributed by atoms with van der Waals surface area (Å²) < 4.78 is 16.9. The van der Waals surface area contributed by atoms with Crippen LogP contribution >= 0.6 is 0 Å². The van der Waals surface area contributed by atoms with E-state index < -0.39 is 0 Å². The molecule has 0 fully saturated rings. The minimum atomic E-state index is 0.0969. The van der Waals surface area contributed by atoms with E-state index in [0.29, 0.717) is 32.2 Å². The van der Waals surface area contributed by atoms with Crippen molar-refractivity contribution in [1.29, 1.82) is 0 Å². The first kappa shape index (κ1) is 20.2. The minimum absolute atomic E-state index is 0.0969. The molecule has 1 aliphatic rings. The molecule has 6 heteroatoms. The van der Waals surface area contributed by atoms with Crippen molar-refractivity contribution in [1.82, 2.24) is 10.3 Å². The Balaban J connectivity index is 1.68. The van der Waals surface area contributed by atoms with E-state index in [2.05, 4.69) is 30.4 Å². The molecule has 1 aromatic heterocycles. The smallest absolute Gasteiger partial charge is 0.218 e. The molecule has 0 bridgehead atoms. The van der Waals surface area contributed by atoms with Gasteiger partial charge in [0.05, 0.1) is 19.4 Å². The number of aliphatic hydroxyl groups is 1. The second kappa shape index (κ2) is 9.15. The van der Waals surface area contributed by atoms with E-state index in [-0.39, 0.29) is 6.61 Å². The number of aromatic nitrogens is 1. The zero-order valence-corrected chi connectivity index (χ0v) is 17.3. The third-order valence-electron chi connectivity index (χ3n) is 5.20. The van der Waals surface area contributed by atoms with Crippen LogP contribution in [0.2, 0.25) is 0 Å². The fourth-order valence-corrected chi connectivity index (χ4v) is 3.67. The molecule has 2 heterocycles. The zero-order valence-electron chi connectivity index (χ0n) is 17.3. The molecule has 0 spiro atoms. The molecule has 0 atom stereocenters. The van der Waals surface area contributed by atoms with Crippen LogP contribution < -0.4 is 19.5 Å². The van der Waals surface area contributed by atoms with Crippen LogP contribution in [0.1, 0.15) is 11.1 Å². The first-order valence-corrected chi connectivity index (χ1v) is 10.1. The molecule has 1 aliphatic heterocycles. The van der Waals surface area contributed by atoms with Gasteiger partial charge < -0.3 is 24.6 Å². The summed E-state index contributed by atoms with van der Waals surface area (Å²) in [5.41, 5.74) is 6.20. The van der Waals surface area contributed by atoms with E-state index in [1.807, 2.05) is 30.3 Å². The van der Waals surface area contributed by atoms with Crippen LogP contribution in [0.15, 0.2) is 48.5 Å². The van der Waals surface area contributed by atoms with Crippen molar-refractivity contribution in [3.05, 3.63) is 59.7 Å². The Hall–Kier alpha value is -3.09. The molecule has 30 heavy (non-hydrogen) atoms. The van der Waals surface area contributed by atoms with Crippen molar-refractivity contribution < 1.29 is 19.3 Å². The number of aliphatic hydroxyl groups excluding tert-OH is 1. The van der Waals surface area contributed by atoms with E-state index in [4.69, 9.17) is 24.3 Å². The summed E-state index contributed by atoms with van der Waals surface area (Å²) in [5.74, 6) is 2.15. The van der Waals surface area contributed by atoms with Gasteiger partial charge in [-0.05, 0) is 41.8 Å². The zero-order chi connectivity index (χ0) is 20.9. The fraction of sp³-hybridized carbons (Fsp3) is 0.292. The monoisotopic (exact) mass is 406 g/mol. The third kappa shape index (κ3) is 4.10. The molecule has 0 amide bonds. The van der Waals surface area contributed by atoms with Gasteiger partial charge in [0.15, 0.2) is 11.5 Å². The summed E-state index contributed by atoms with van der Waals surface area (Å²) in [7, 11) is 1.63. The van der Waals surface area contributed by atoms with Crippen molar-refractivity contribution in [2.45, 2.75) is 13.5 Å². The molecule has 0 unspecified atom stereocenters. The molecule has 0 aliphatic carbocycles. The maximum absolute atomic E-state index is 8.96. The van der Waals surface area contributed by atoms with Gasteiger partial charge >= 0.3 is 0 Å². The molecule has 3 aromatic rings. The van der Waals surface area contributed by atoms with Gasteiger partial charge in [0, 0.05) is 24.2 Å². The first-order chi connectivity index (χ1) is 14.7. The van der Waals surface area contributed by atoms with Gasteiger partial charge in [-0.1, -0.05) is 30.3 Å². The Morgan fingerprint density at radius 1 is 1.03 bits per heavy atom. The number of fused-ring (bicyclic) bond motifs is 1. The van der Waals surface area contributed by atoms with Gasteiger partial charge in [0.25, 0.3) is 0 Å². The summed E-state index contributed by atoms with van der Waals surface area (Å²) in [6.45, 7) is 4.47. The predicted octanol–water partition coefficient (Wildman–Crippen LogP) is 3.59. The highest BCUT2D eigenvalue weighted by atomic mass is 16.6. The summed E-state index contributed by atoms with van der Waals surface area (Å²) in [4.78, 5) is 4.74. The Kier molecular flexibility index (Phi) is 6.16. The normalized spacial score (nSPS) is 12.6. The van der Waals surface area contributed by atoms with Gasteiger partial charge in [0.1, 0.15) is 13.2 Å². The number of ether oxygens (including phenoxy) is 3. The maximum Gasteiger partial charge on any atom is 0.218 e. The van der Waals surface area contributed by atoms with E-state index in [0.717, 1.165) is 45.0 Å². The Labute approximate surface area is 176 Å². The van der Waals surface area contributed by atoms with Crippen molar-refractivity contribution >= 4 is 0 Å². The molecule has 0 saturated heterocycles. The van der Waals surface area contributed by atoms with Gasteiger partial charge in [-0.25, -0.2) is 4.98 Å². The fourth-order valence-electron chi connectivity index (χ4n) is 3.67. The average Bonchev–Trinajstić information content (AvgIpc) is 2.79. The van der Waals surface area contributed by atoms with Crippen molar-refractivity contribution in [2.75, 3.05) is 33.5 Å². The lowest BCUT2D eigenvalue weighted by Gasteiger charge is -2.20. The van der Waals surface area contributed by atoms with E-state index in [1.165, 1.54) is 0 Å². The lowest BCUT2D eigenvalue weighted by atomic mass is 9.94. The maximum atomic E-state index is 8.96. The highest BCUT2D eigenvalue weighted by Gasteiger charge is 2.16. The standard InChI is InChI=1S/C24H26N2O4/c1-16-19(17-7-9-22-23(14-17)30-13-12-29-22)4-3-5-20(16)21-8-6-18(15-25-10-11-27)24(26-21)28-2/h3-9,14,25,27H,10-13,15H2,1-2H3. The lowest BCUT2D eigenvalue weighted by Crippen LogP contribution is -2.18. The number of benzene rings is 2. The number of pyridine rings is 1. The number of nitrogens with one attached hydrogen (secondary N) is 1. The second-order valence-corrected chi connectivity index (χ2v) is 7.10.